The van der Waals surface area contributed by atoms with Crippen molar-refractivity contribution in [3.05, 3.63) is 100 Å². The first kappa shape index (κ1) is 25.3. The van der Waals surface area contributed by atoms with Crippen LogP contribution in [0, 0.1) is 0 Å². The third kappa shape index (κ3) is 6.87. The summed E-state index contributed by atoms with van der Waals surface area (Å²) in [5, 5.41) is 11.7. The molecule has 0 aliphatic rings. The number of aliphatic hydroxyl groups excluding tert-OH is 1. The van der Waals surface area contributed by atoms with Crippen LogP contribution < -0.4 is 19.8 Å². The highest BCUT2D eigenvalue weighted by Crippen LogP contribution is 2.28. The Balaban J connectivity index is 1.39. The van der Waals surface area contributed by atoms with Crippen molar-refractivity contribution in [1.82, 2.24) is 9.88 Å². The second kappa shape index (κ2) is 12.2. The van der Waals surface area contributed by atoms with Gasteiger partial charge in [-0.05, 0) is 53.9 Å². The Bertz CT molecular complexity index is 1320. The molecule has 0 amide bonds. The summed E-state index contributed by atoms with van der Waals surface area (Å²) in [7, 11) is 3.26. The van der Waals surface area contributed by atoms with E-state index in [1.807, 2.05) is 48.5 Å². The summed E-state index contributed by atoms with van der Waals surface area (Å²) in [6, 6.07) is 24.9. The lowest BCUT2D eigenvalue weighted by Crippen LogP contribution is -2.36. The minimum atomic E-state index is -0.676. The summed E-state index contributed by atoms with van der Waals surface area (Å²) >= 11 is 0. The number of nitrogens with one attached hydrogen (secondary N) is 1. The van der Waals surface area contributed by atoms with Crippen molar-refractivity contribution in [2.75, 3.05) is 33.9 Å². The molecule has 0 spiro atoms. The third-order valence-electron chi connectivity index (χ3n) is 6.02. The molecule has 0 saturated heterocycles. The molecule has 0 fully saturated rings. The predicted octanol–water partition coefficient (Wildman–Crippen LogP) is 4.03. The van der Waals surface area contributed by atoms with E-state index in [0.717, 1.165) is 29.4 Å². The molecular weight excluding hydrogens is 456 g/mol. The molecule has 4 rings (SSSR count). The first-order valence-corrected chi connectivity index (χ1v) is 11.9. The Morgan fingerprint density at radius 2 is 1.69 bits per heavy atom. The Morgan fingerprint density at radius 1 is 0.889 bits per heavy atom. The summed E-state index contributed by atoms with van der Waals surface area (Å²) in [5.41, 5.74) is 2.92. The molecule has 36 heavy (non-hydrogen) atoms. The highest BCUT2D eigenvalue weighted by molar-refractivity contribution is 5.79. The van der Waals surface area contributed by atoms with E-state index in [2.05, 4.69) is 22.0 Å². The number of aromatic nitrogens is 1. The maximum atomic E-state index is 11.5. The van der Waals surface area contributed by atoms with E-state index < -0.39 is 6.10 Å². The smallest absolute Gasteiger partial charge is 0.248 e. The molecule has 1 atom stereocenters. The van der Waals surface area contributed by atoms with Crippen molar-refractivity contribution in [3.63, 3.8) is 0 Å². The fraction of sp³-hybridized carbons (Fsp3) is 0.276. The molecule has 3 aromatic carbocycles. The quantitative estimate of drug-likeness (QED) is 0.313. The van der Waals surface area contributed by atoms with Gasteiger partial charge < -0.3 is 24.3 Å². The monoisotopic (exact) mass is 488 g/mol. The molecule has 0 bridgehead atoms. The van der Waals surface area contributed by atoms with Gasteiger partial charge in [-0.1, -0.05) is 36.4 Å². The molecule has 1 aromatic heterocycles. The summed E-state index contributed by atoms with van der Waals surface area (Å²) in [6.07, 6.45) is 0.120. The Hall–Kier alpha value is -3.81. The van der Waals surface area contributed by atoms with Gasteiger partial charge in [-0.25, -0.2) is 0 Å². The molecule has 4 aromatic rings. The normalized spacial score (nSPS) is 12.0. The average Bonchev–Trinajstić information content (AvgIpc) is 2.90. The van der Waals surface area contributed by atoms with Crippen molar-refractivity contribution in [2.24, 2.45) is 0 Å². The number of pyridine rings is 1. The van der Waals surface area contributed by atoms with E-state index >= 15 is 0 Å². The molecule has 188 valence electrons. The van der Waals surface area contributed by atoms with Crippen LogP contribution in [0.4, 0.5) is 0 Å². The van der Waals surface area contributed by atoms with E-state index in [-0.39, 0.29) is 12.2 Å². The minimum Gasteiger partial charge on any atom is -0.493 e. The largest absolute Gasteiger partial charge is 0.493 e. The van der Waals surface area contributed by atoms with Crippen LogP contribution in [0.25, 0.3) is 10.9 Å². The standard InChI is InChI=1S/C29H32N2O5/c1-34-27-12-8-21(16-28(27)35-2)14-15-31(18-22-6-4-3-5-7-22)19-24(32)20-36-25-10-11-26-23(17-25)9-13-29(33)30-26/h3-13,16-17,24,32H,14-15,18-20H2,1-2H3,(H,30,33). The van der Waals surface area contributed by atoms with Crippen molar-refractivity contribution in [3.8, 4) is 17.2 Å². The number of methoxy groups -OCH3 is 2. The minimum absolute atomic E-state index is 0.141. The van der Waals surface area contributed by atoms with Gasteiger partial charge in [-0.15, -0.1) is 0 Å². The maximum Gasteiger partial charge on any atom is 0.248 e. The average molecular weight is 489 g/mol. The second-order valence-corrected chi connectivity index (χ2v) is 8.70. The van der Waals surface area contributed by atoms with E-state index in [4.69, 9.17) is 14.2 Å². The molecule has 2 N–H and O–H groups in total. The van der Waals surface area contributed by atoms with Crippen molar-refractivity contribution >= 4 is 10.9 Å². The van der Waals surface area contributed by atoms with Gasteiger partial charge in [0, 0.05) is 36.6 Å². The van der Waals surface area contributed by atoms with E-state index in [0.29, 0.717) is 30.3 Å². The zero-order chi connectivity index (χ0) is 25.3. The Kier molecular flexibility index (Phi) is 8.60. The number of ether oxygens (including phenoxy) is 3. The molecule has 0 saturated carbocycles. The number of hydrogen-bond acceptors (Lipinski definition) is 6. The van der Waals surface area contributed by atoms with Crippen LogP contribution in [0.1, 0.15) is 11.1 Å². The van der Waals surface area contributed by atoms with Gasteiger partial charge in [0.1, 0.15) is 18.5 Å². The van der Waals surface area contributed by atoms with Gasteiger partial charge in [0.05, 0.1) is 14.2 Å². The molecule has 0 radical (unpaired) electrons. The second-order valence-electron chi connectivity index (χ2n) is 8.70. The zero-order valence-corrected chi connectivity index (χ0v) is 20.6. The van der Waals surface area contributed by atoms with Crippen molar-refractivity contribution in [2.45, 2.75) is 19.1 Å². The lowest BCUT2D eigenvalue weighted by atomic mass is 10.1. The molecule has 1 unspecified atom stereocenters. The van der Waals surface area contributed by atoms with Crippen LogP contribution >= 0.6 is 0 Å². The van der Waals surface area contributed by atoms with E-state index in [1.54, 1.807) is 26.4 Å². The van der Waals surface area contributed by atoms with Gasteiger partial charge in [-0.3, -0.25) is 9.69 Å². The summed E-state index contributed by atoms with van der Waals surface area (Å²) in [4.78, 5) is 16.5. The van der Waals surface area contributed by atoms with Crippen LogP contribution in [-0.2, 0) is 13.0 Å². The SMILES string of the molecule is COc1ccc(CCN(Cc2ccccc2)CC(O)COc2ccc3[nH]c(=O)ccc3c2)cc1OC. The summed E-state index contributed by atoms with van der Waals surface area (Å²) in [5.74, 6) is 2.06. The van der Waals surface area contributed by atoms with Gasteiger partial charge in [0.2, 0.25) is 5.56 Å². The molecule has 7 nitrogen and oxygen atoms in total. The molecule has 1 heterocycles. The number of H-pyrrole nitrogens is 1. The van der Waals surface area contributed by atoms with Crippen LogP contribution in [0.15, 0.2) is 83.7 Å². The highest BCUT2D eigenvalue weighted by atomic mass is 16.5. The number of aromatic amines is 1. The van der Waals surface area contributed by atoms with E-state index in [9.17, 15) is 9.90 Å². The van der Waals surface area contributed by atoms with Crippen molar-refractivity contribution < 1.29 is 19.3 Å². The van der Waals surface area contributed by atoms with Crippen molar-refractivity contribution in [1.29, 1.82) is 0 Å². The number of nitrogens with zero attached hydrogens (tertiary/aromatic N) is 1. The number of aliphatic hydroxyl groups is 1. The fourth-order valence-electron chi connectivity index (χ4n) is 4.17. The predicted molar refractivity (Wildman–Crippen MR) is 141 cm³/mol. The zero-order valence-electron chi connectivity index (χ0n) is 20.6. The number of rotatable bonds is 12. The topological polar surface area (TPSA) is 84.0 Å². The molecular formula is C29H32N2O5. The first-order chi connectivity index (χ1) is 17.5. The number of hydrogen-bond donors (Lipinski definition) is 2. The Morgan fingerprint density at radius 3 is 2.47 bits per heavy atom. The maximum absolute atomic E-state index is 11.5. The fourth-order valence-corrected chi connectivity index (χ4v) is 4.17. The lowest BCUT2D eigenvalue weighted by Gasteiger charge is -2.25. The van der Waals surface area contributed by atoms with Gasteiger partial charge >= 0.3 is 0 Å². The van der Waals surface area contributed by atoms with Crippen LogP contribution in [0.2, 0.25) is 0 Å². The Labute approximate surface area is 210 Å². The first-order valence-electron chi connectivity index (χ1n) is 11.9. The molecule has 7 heteroatoms. The highest BCUT2D eigenvalue weighted by Gasteiger charge is 2.15. The van der Waals surface area contributed by atoms with Crippen LogP contribution in [-0.4, -0.2) is 55.0 Å². The number of fused-ring (bicyclic) bond motifs is 1. The number of benzene rings is 3. The third-order valence-corrected chi connectivity index (χ3v) is 6.02. The molecule has 0 aliphatic carbocycles. The van der Waals surface area contributed by atoms with Gasteiger partial charge in [0.15, 0.2) is 11.5 Å². The van der Waals surface area contributed by atoms with Crippen LogP contribution in [0.5, 0.6) is 17.2 Å². The van der Waals surface area contributed by atoms with E-state index in [1.165, 1.54) is 11.6 Å². The summed E-state index contributed by atoms with van der Waals surface area (Å²) in [6.45, 7) is 2.10. The lowest BCUT2D eigenvalue weighted by molar-refractivity contribution is 0.0660. The molecule has 0 aliphatic heterocycles. The van der Waals surface area contributed by atoms with Crippen LogP contribution in [0.3, 0.4) is 0 Å². The van der Waals surface area contributed by atoms with Gasteiger partial charge in [0.25, 0.3) is 0 Å². The summed E-state index contributed by atoms with van der Waals surface area (Å²) < 4.78 is 16.7. The van der Waals surface area contributed by atoms with Gasteiger partial charge in [-0.2, -0.15) is 0 Å².